The van der Waals surface area contributed by atoms with Gasteiger partial charge >= 0.3 is 6.18 Å². The van der Waals surface area contributed by atoms with Crippen LogP contribution in [0.3, 0.4) is 0 Å². The highest BCUT2D eigenvalue weighted by molar-refractivity contribution is 5.38. The van der Waals surface area contributed by atoms with Gasteiger partial charge in [-0.25, -0.2) is 0 Å². The first-order valence-corrected chi connectivity index (χ1v) is 7.90. The minimum Gasteiger partial charge on any atom is -0.281 e. The first-order chi connectivity index (χ1) is 11.0. The number of nitrogens with one attached hydrogen (secondary N) is 1. The molecule has 4 atom stereocenters. The molecule has 1 aromatic heterocycles. The van der Waals surface area contributed by atoms with E-state index < -0.39 is 11.9 Å². The summed E-state index contributed by atoms with van der Waals surface area (Å²) in [4.78, 5) is 0. The lowest BCUT2D eigenvalue weighted by atomic mass is 9.66. The average Bonchev–Trinajstić information content (AvgIpc) is 3.04. The number of H-pyrrole nitrogens is 1. The summed E-state index contributed by atoms with van der Waals surface area (Å²) in [6.45, 7) is 0. The van der Waals surface area contributed by atoms with Crippen LogP contribution in [0.4, 0.5) is 13.2 Å². The van der Waals surface area contributed by atoms with Crippen LogP contribution in [0.15, 0.2) is 54.2 Å². The van der Waals surface area contributed by atoms with Crippen molar-refractivity contribution in [1.29, 1.82) is 0 Å². The van der Waals surface area contributed by atoms with Crippen molar-refractivity contribution in [3.63, 3.8) is 0 Å². The summed E-state index contributed by atoms with van der Waals surface area (Å²) in [7, 11) is 0. The Labute approximate surface area is 132 Å². The summed E-state index contributed by atoms with van der Waals surface area (Å²) in [6, 6.07) is 1.14. The standard InChI is InChI=1S/C18H17F3N2/c19-18(20,21)17-10-16(22-23-17)13-7-8-15-12(9-13)6-5-11-3-1-2-4-14(11)15/h1-6,9-11,13-15H,7-8H2,(H,22,23). The highest BCUT2D eigenvalue weighted by Crippen LogP contribution is 2.45. The number of aromatic amines is 1. The number of aromatic nitrogens is 2. The van der Waals surface area contributed by atoms with E-state index in [0.717, 1.165) is 18.9 Å². The minimum atomic E-state index is -4.39. The zero-order chi connectivity index (χ0) is 16.0. The molecular weight excluding hydrogens is 301 g/mol. The number of allylic oxidation sites excluding steroid dienone is 8. The largest absolute Gasteiger partial charge is 0.435 e. The molecule has 0 saturated heterocycles. The van der Waals surface area contributed by atoms with Crippen LogP contribution in [-0.4, -0.2) is 10.2 Å². The molecule has 1 N–H and O–H groups in total. The first-order valence-electron chi connectivity index (χ1n) is 7.90. The third-order valence-electron chi connectivity index (χ3n) is 5.10. The van der Waals surface area contributed by atoms with Crippen LogP contribution >= 0.6 is 0 Å². The highest BCUT2D eigenvalue weighted by atomic mass is 19.4. The first kappa shape index (κ1) is 14.5. The fourth-order valence-electron chi connectivity index (χ4n) is 3.93. The fourth-order valence-corrected chi connectivity index (χ4v) is 3.93. The molecule has 0 amide bonds. The van der Waals surface area contributed by atoms with Crippen LogP contribution in [0.25, 0.3) is 0 Å². The van der Waals surface area contributed by atoms with Crippen LogP contribution in [0.2, 0.25) is 0 Å². The predicted molar refractivity (Wildman–Crippen MR) is 81.5 cm³/mol. The Bertz CT molecular complexity index is 721. The van der Waals surface area contributed by atoms with E-state index in [4.69, 9.17) is 0 Å². The molecule has 23 heavy (non-hydrogen) atoms. The quantitative estimate of drug-likeness (QED) is 0.793. The number of halogens is 3. The Morgan fingerprint density at radius 2 is 1.91 bits per heavy atom. The number of rotatable bonds is 1. The molecule has 0 spiro atoms. The molecule has 0 aliphatic heterocycles. The number of hydrogen-bond donors (Lipinski definition) is 1. The second-order valence-corrected chi connectivity index (χ2v) is 6.45. The van der Waals surface area contributed by atoms with Crippen molar-refractivity contribution >= 4 is 0 Å². The van der Waals surface area contributed by atoms with E-state index in [0.29, 0.717) is 23.4 Å². The van der Waals surface area contributed by atoms with E-state index >= 15 is 0 Å². The van der Waals surface area contributed by atoms with E-state index in [2.05, 4.69) is 52.7 Å². The summed E-state index contributed by atoms with van der Waals surface area (Å²) >= 11 is 0. The van der Waals surface area contributed by atoms with Gasteiger partial charge < -0.3 is 0 Å². The van der Waals surface area contributed by atoms with Gasteiger partial charge in [0.25, 0.3) is 0 Å². The fraction of sp³-hybridized carbons (Fsp3) is 0.389. The van der Waals surface area contributed by atoms with E-state index in [1.165, 1.54) is 5.57 Å². The lowest BCUT2D eigenvalue weighted by Crippen LogP contribution is -2.28. The third-order valence-corrected chi connectivity index (χ3v) is 5.10. The van der Waals surface area contributed by atoms with Crippen molar-refractivity contribution in [3.05, 3.63) is 65.6 Å². The van der Waals surface area contributed by atoms with Crippen LogP contribution in [0, 0.1) is 17.8 Å². The molecule has 4 unspecified atom stereocenters. The second kappa shape index (κ2) is 5.25. The highest BCUT2D eigenvalue weighted by Gasteiger charge is 2.37. The SMILES string of the molecule is FC(F)(F)c1cc(C2C=C3C=CC4C=CC=CC4C3CC2)[nH]n1. The van der Waals surface area contributed by atoms with E-state index in [-0.39, 0.29) is 5.92 Å². The van der Waals surface area contributed by atoms with Gasteiger partial charge in [0.05, 0.1) is 0 Å². The second-order valence-electron chi connectivity index (χ2n) is 6.45. The maximum atomic E-state index is 12.7. The van der Waals surface area contributed by atoms with Gasteiger partial charge in [0.15, 0.2) is 5.69 Å². The van der Waals surface area contributed by atoms with Gasteiger partial charge in [0.2, 0.25) is 0 Å². The van der Waals surface area contributed by atoms with Crippen molar-refractivity contribution in [1.82, 2.24) is 10.2 Å². The van der Waals surface area contributed by atoms with E-state index in [9.17, 15) is 13.2 Å². The minimum absolute atomic E-state index is 0.0193. The van der Waals surface area contributed by atoms with Crippen LogP contribution in [-0.2, 0) is 6.18 Å². The molecule has 4 rings (SSSR count). The summed E-state index contributed by atoms with van der Waals surface area (Å²) in [5.41, 5.74) is 0.955. The maximum absolute atomic E-state index is 12.7. The van der Waals surface area contributed by atoms with Crippen molar-refractivity contribution in [2.24, 2.45) is 17.8 Å². The van der Waals surface area contributed by atoms with Crippen molar-refractivity contribution in [2.45, 2.75) is 24.9 Å². The Kier molecular flexibility index (Phi) is 3.32. The molecular formula is C18H17F3N2. The normalized spacial score (nSPS) is 32.4. The summed E-state index contributed by atoms with van der Waals surface area (Å²) in [5, 5.41) is 5.98. The van der Waals surface area contributed by atoms with Gasteiger partial charge in [-0.15, -0.1) is 0 Å². The molecule has 1 heterocycles. The topological polar surface area (TPSA) is 28.7 Å². The van der Waals surface area contributed by atoms with Crippen LogP contribution in [0.5, 0.6) is 0 Å². The van der Waals surface area contributed by atoms with E-state index in [1.807, 2.05) is 0 Å². The van der Waals surface area contributed by atoms with Gasteiger partial charge in [-0.2, -0.15) is 18.3 Å². The molecule has 3 aliphatic rings. The van der Waals surface area contributed by atoms with Gasteiger partial charge in [-0.05, 0) is 36.3 Å². The Morgan fingerprint density at radius 1 is 1.09 bits per heavy atom. The molecule has 0 aromatic carbocycles. The molecule has 3 aliphatic carbocycles. The zero-order valence-corrected chi connectivity index (χ0v) is 12.4. The summed E-state index contributed by atoms with van der Waals surface area (Å²) in [5.74, 6) is 1.37. The van der Waals surface area contributed by atoms with Gasteiger partial charge in [0, 0.05) is 17.5 Å². The van der Waals surface area contributed by atoms with Crippen molar-refractivity contribution in [3.8, 4) is 0 Å². The number of alkyl halides is 3. The maximum Gasteiger partial charge on any atom is 0.435 e. The molecule has 5 heteroatoms. The van der Waals surface area contributed by atoms with Gasteiger partial charge in [-0.1, -0.05) is 42.5 Å². The molecule has 0 bridgehead atoms. The Balaban J connectivity index is 1.61. The van der Waals surface area contributed by atoms with Gasteiger partial charge in [-0.3, -0.25) is 5.10 Å². The van der Waals surface area contributed by atoms with Crippen molar-refractivity contribution < 1.29 is 13.2 Å². The zero-order valence-electron chi connectivity index (χ0n) is 12.4. The number of nitrogens with zero attached hydrogens (tertiary/aromatic N) is 1. The third kappa shape index (κ3) is 2.58. The number of hydrogen-bond acceptors (Lipinski definition) is 1. The average molecular weight is 318 g/mol. The molecule has 2 nitrogen and oxygen atoms in total. The lowest BCUT2D eigenvalue weighted by molar-refractivity contribution is -0.141. The molecule has 1 aromatic rings. The van der Waals surface area contributed by atoms with Crippen molar-refractivity contribution in [2.75, 3.05) is 0 Å². The Morgan fingerprint density at radius 3 is 2.70 bits per heavy atom. The molecule has 0 fully saturated rings. The lowest BCUT2D eigenvalue weighted by Gasteiger charge is -2.38. The molecule has 0 radical (unpaired) electrons. The summed E-state index contributed by atoms with van der Waals surface area (Å²) in [6.07, 6.45) is 12.5. The molecule has 120 valence electrons. The monoisotopic (exact) mass is 318 g/mol. The number of fused-ring (bicyclic) bond motifs is 3. The van der Waals surface area contributed by atoms with E-state index in [1.54, 1.807) is 0 Å². The Hall–Kier alpha value is -2.04. The van der Waals surface area contributed by atoms with Crippen LogP contribution in [0.1, 0.15) is 30.1 Å². The van der Waals surface area contributed by atoms with Crippen LogP contribution < -0.4 is 0 Å². The smallest absolute Gasteiger partial charge is 0.281 e. The van der Waals surface area contributed by atoms with Gasteiger partial charge in [0.1, 0.15) is 0 Å². The predicted octanol–water partition coefficient (Wildman–Crippen LogP) is 4.78. The summed E-state index contributed by atoms with van der Waals surface area (Å²) < 4.78 is 38.1. The molecule has 0 saturated carbocycles.